The number of nitrogens with one attached hydrogen (secondary N) is 1. The lowest BCUT2D eigenvalue weighted by molar-refractivity contribution is 0.102. The Hall–Kier alpha value is -2.49. The lowest BCUT2D eigenvalue weighted by Gasteiger charge is -2.39. The van der Waals surface area contributed by atoms with E-state index >= 15 is 0 Å². The lowest BCUT2D eigenvalue weighted by atomic mass is 9.65. The van der Waals surface area contributed by atoms with Crippen LogP contribution in [0.2, 0.25) is 0 Å². The van der Waals surface area contributed by atoms with E-state index in [1.54, 1.807) is 16.4 Å². The number of amides is 1. The van der Waals surface area contributed by atoms with Crippen LogP contribution in [0.15, 0.2) is 47.4 Å². The van der Waals surface area contributed by atoms with E-state index in [9.17, 15) is 13.2 Å². The average molecular weight is 514 g/mol. The fourth-order valence-corrected chi connectivity index (χ4v) is 8.67. The molecule has 1 N–H and O–H groups in total. The number of para-hydroxylation sites is 1. The van der Waals surface area contributed by atoms with E-state index in [4.69, 9.17) is 4.74 Å². The molecule has 1 aliphatic carbocycles. The van der Waals surface area contributed by atoms with Crippen LogP contribution in [0, 0.1) is 10.8 Å². The molecule has 1 saturated carbocycles. The molecule has 2 bridgehead atoms. The molecule has 2 aliphatic rings. The van der Waals surface area contributed by atoms with Crippen molar-refractivity contribution >= 4 is 42.6 Å². The predicted octanol–water partition coefficient (Wildman–Crippen LogP) is 5.54. The zero-order chi connectivity index (χ0) is 25.0. The Balaban J connectivity index is 1.33. The number of anilines is 1. The fourth-order valence-electron chi connectivity index (χ4n) is 6.02. The Morgan fingerprint density at radius 1 is 1.17 bits per heavy atom. The van der Waals surface area contributed by atoms with E-state index < -0.39 is 10.0 Å². The molecular formula is C26H31N3O4S2. The Bertz CT molecular complexity index is 1380. The number of sulfonamides is 1. The average Bonchev–Trinajstić information content (AvgIpc) is 3.31. The van der Waals surface area contributed by atoms with Gasteiger partial charge in [-0.05, 0) is 73.4 Å². The SMILES string of the molecule is CCOc1cccc2sc(NC(=O)c3ccc(S(=O)(=O)N4CC5(C)CC4CC(C)(C)C5)cc3)nc12. The molecule has 1 saturated heterocycles. The maximum atomic E-state index is 13.5. The number of benzene rings is 2. The summed E-state index contributed by atoms with van der Waals surface area (Å²) in [6, 6.07) is 11.9. The molecule has 35 heavy (non-hydrogen) atoms. The van der Waals surface area contributed by atoms with Gasteiger partial charge in [-0.15, -0.1) is 0 Å². The summed E-state index contributed by atoms with van der Waals surface area (Å²) in [5.41, 5.74) is 1.23. The first kappa shape index (κ1) is 24.2. The largest absolute Gasteiger partial charge is 0.492 e. The van der Waals surface area contributed by atoms with Crippen LogP contribution in [0.3, 0.4) is 0 Å². The third-order valence-corrected chi connectivity index (χ3v) is 9.84. The number of nitrogens with zero attached hydrogens (tertiary/aromatic N) is 2. The third-order valence-electron chi connectivity index (χ3n) is 6.99. The summed E-state index contributed by atoms with van der Waals surface area (Å²) in [5.74, 6) is 0.345. The molecule has 186 valence electrons. The summed E-state index contributed by atoms with van der Waals surface area (Å²) >= 11 is 1.37. The Morgan fingerprint density at radius 3 is 2.63 bits per heavy atom. The summed E-state index contributed by atoms with van der Waals surface area (Å²) in [6.45, 7) is 9.64. The van der Waals surface area contributed by atoms with E-state index in [1.165, 1.54) is 23.5 Å². The van der Waals surface area contributed by atoms with E-state index in [1.807, 2.05) is 25.1 Å². The van der Waals surface area contributed by atoms with Crippen LogP contribution >= 0.6 is 11.3 Å². The van der Waals surface area contributed by atoms with Gasteiger partial charge in [-0.1, -0.05) is 38.2 Å². The molecule has 1 amide bonds. The number of hydrogen-bond donors (Lipinski definition) is 1. The number of carbonyl (C=O) groups excluding carboxylic acids is 1. The van der Waals surface area contributed by atoms with Crippen molar-refractivity contribution in [3.63, 3.8) is 0 Å². The maximum absolute atomic E-state index is 13.5. The van der Waals surface area contributed by atoms with E-state index in [0.29, 0.717) is 35.1 Å². The van der Waals surface area contributed by atoms with Crippen molar-refractivity contribution in [2.24, 2.45) is 10.8 Å². The number of hydrogen-bond acceptors (Lipinski definition) is 6. The van der Waals surface area contributed by atoms with Gasteiger partial charge < -0.3 is 4.74 Å². The van der Waals surface area contributed by atoms with Crippen LogP contribution in [-0.2, 0) is 10.0 Å². The van der Waals surface area contributed by atoms with Crippen molar-refractivity contribution in [1.82, 2.24) is 9.29 Å². The minimum absolute atomic E-state index is 0.0125. The van der Waals surface area contributed by atoms with Crippen LogP contribution < -0.4 is 10.1 Å². The summed E-state index contributed by atoms with van der Waals surface area (Å²) in [7, 11) is -3.63. The molecule has 2 atom stereocenters. The van der Waals surface area contributed by atoms with Crippen molar-refractivity contribution in [2.75, 3.05) is 18.5 Å². The van der Waals surface area contributed by atoms with Gasteiger partial charge >= 0.3 is 0 Å². The van der Waals surface area contributed by atoms with Crippen molar-refractivity contribution in [1.29, 1.82) is 0 Å². The van der Waals surface area contributed by atoms with Gasteiger partial charge in [0.05, 0.1) is 16.2 Å². The fraction of sp³-hybridized carbons (Fsp3) is 0.462. The van der Waals surface area contributed by atoms with Crippen LogP contribution in [0.1, 0.15) is 57.3 Å². The molecule has 3 aromatic rings. The van der Waals surface area contributed by atoms with Crippen LogP contribution in [0.4, 0.5) is 5.13 Å². The second-order valence-electron chi connectivity index (χ2n) is 10.8. The van der Waals surface area contributed by atoms with Crippen LogP contribution in [0.25, 0.3) is 10.2 Å². The lowest BCUT2D eigenvalue weighted by Crippen LogP contribution is -2.37. The van der Waals surface area contributed by atoms with Gasteiger partial charge in [0, 0.05) is 18.2 Å². The van der Waals surface area contributed by atoms with Gasteiger partial charge in [0.2, 0.25) is 10.0 Å². The smallest absolute Gasteiger partial charge is 0.257 e. The molecule has 2 unspecified atom stereocenters. The molecule has 5 rings (SSSR count). The molecule has 2 heterocycles. The number of rotatable bonds is 6. The highest BCUT2D eigenvalue weighted by Crippen LogP contribution is 2.53. The molecule has 9 heteroatoms. The van der Waals surface area contributed by atoms with Crippen LogP contribution in [0.5, 0.6) is 5.75 Å². The van der Waals surface area contributed by atoms with Gasteiger partial charge in [0.25, 0.3) is 5.91 Å². The van der Waals surface area contributed by atoms with Gasteiger partial charge in [0.15, 0.2) is 5.13 Å². The third kappa shape index (κ3) is 4.57. The topological polar surface area (TPSA) is 88.6 Å². The molecule has 7 nitrogen and oxygen atoms in total. The zero-order valence-electron chi connectivity index (χ0n) is 20.5. The van der Waals surface area contributed by atoms with Gasteiger partial charge in [-0.2, -0.15) is 4.31 Å². The quantitative estimate of drug-likeness (QED) is 0.468. The Kier molecular flexibility index (Phi) is 5.93. The molecular weight excluding hydrogens is 482 g/mol. The van der Waals surface area contributed by atoms with Gasteiger partial charge in [-0.3, -0.25) is 10.1 Å². The summed E-state index contributed by atoms with van der Waals surface area (Å²) in [5, 5.41) is 3.29. The summed E-state index contributed by atoms with van der Waals surface area (Å²) < 4.78 is 35.2. The van der Waals surface area contributed by atoms with Crippen molar-refractivity contribution < 1.29 is 17.9 Å². The first-order valence-electron chi connectivity index (χ1n) is 12.0. The van der Waals surface area contributed by atoms with Crippen molar-refractivity contribution in [3.05, 3.63) is 48.0 Å². The molecule has 2 fully saturated rings. The number of aromatic nitrogens is 1. The highest BCUT2D eigenvalue weighted by atomic mass is 32.2. The standard InChI is InChI=1S/C26H31N3O4S2/c1-5-33-20-7-6-8-21-22(20)27-24(34-21)28-23(30)17-9-11-19(12-10-17)35(31,32)29-16-26(4)14-18(29)13-25(2,3)15-26/h6-12,18H,5,13-16H2,1-4H3,(H,27,28,30). The second-order valence-corrected chi connectivity index (χ2v) is 13.7. The molecule has 0 spiro atoms. The maximum Gasteiger partial charge on any atom is 0.257 e. The first-order chi connectivity index (χ1) is 16.5. The molecule has 1 aromatic heterocycles. The number of thiazole rings is 1. The monoisotopic (exact) mass is 513 g/mol. The van der Waals surface area contributed by atoms with Gasteiger partial charge in [-0.25, -0.2) is 13.4 Å². The molecule has 0 radical (unpaired) electrons. The summed E-state index contributed by atoms with van der Waals surface area (Å²) in [6.07, 6.45) is 2.80. The van der Waals surface area contributed by atoms with E-state index in [2.05, 4.69) is 31.1 Å². The molecule has 2 aromatic carbocycles. The minimum atomic E-state index is -3.63. The highest BCUT2D eigenvalue weighted by molar-refractivity contribution is 7.89. The highest BCUT2D eigenvalue weighted by Gasteiger charge is 2.53. The van der Waals surface area contributed by atoms with Crippen LogP contribution in [-0.4, -0.2) is 42.8 Å². The first-order valence-corrected chi connectivity index (χ1v) is 14.2. The predicted molar refractivity (Wildman–Crippen MR) is 139 cm³/mol. The zero-order valence-corrected chi connectivity index (χ0v) is 22.1. The minimum Gasteiger partial charge on any atom is -0.492 e. The number of ether oxygens (including phenoxy) is 1. The van der Waals surface area contributed by atoms with Gasteiger partial charge in [0.1, 0.15) is 11.3 Å². The Labute approximate surface area is 210 Å². The normalized spacial score (nSPS) is 23.9. The number of carbonyl (C=O) groups is 1. The number of fused-ring (bicyclic) bond motifs is 3. The van der Waals surface area contributed by atoms with Crippen molar-refractivity contribution in [2.45, 2.75) is 57.9 Å². The van der Waals surface area contributed by atoms with E-state index in [0.717, 1.165) is 24.0 Å². The second kappa shape index (κ2) is 8.57. The summed E-state index contributed by atoms with van der Waals surface area (Å²) in [4.78, 5) is 17.6. The molecule has 1 aliphatic heterocycles. The Morgan fingerprint density at radius 2 is 1.91 bits per heavy atom. The van der Waals surface area contributed by atoms with Crippen molar-refractivity contribution in [3.8, 4) is 5.75 Å². The van der Waals surface area contributed by atoms with E-state index in [-0.39, 0.29) is 27.7 Å².